The zero-order valence-electron chi connectivity index (χ0n) is 13.6. The van der Waals surface area contributed by atoms with Crippen molar-refractivity contribution in [3.8, 4) is 17.2 Å². The Labute approximate surface area is 151 Å². The van der Waals surface area contributed by atoms with Gasteiger partial charge in [0.1, 0.15) is 5.75 Å². The van der Waals surface area contributed by atoms with Crippen molar-refractivity contribution in [2.45, 2.75) is 18.0 Å². The maximum Gasteiger partial charge on any atom is 0.416 e. The molecule has 0 atom stereocenters. The van der Waals surface area contributed by atoms with Crippen molar-refractivity contribution in [3.63, 3.8) is 0 Å². The average Bonchev–Trinajstić information content (AvgIpc) is 3.02. The topological polar surface area (TPSA) is 105 Å². The van der Waals surface area contributed by atoms with Gasteiger partial charge in [0.15, 0.2) is 5.82 Å². The molecule has 142 valence electrons. The Bertz CT molecular complexity index is 1090. The van der Waals surface area contributed by atoms with Gasteiger partial charge in [-0.3, -0.25) is 4.72 Å². The molecule has 3 aromatic rings. The number of aryl methyl sites for hydroxylation is 1. The van der Waals surface area contributed by atoms with Gasteiger partial charge >= 0.3 is 6.18 Å². The molecule has 2 N–H and O–H groups in total. The molecule has 0 aliphatic heterocycles. The van der Waals surface area contributed by atoms with Crippen molar-refractivity contribution in [2.24, 2.45) is 0 Å². The van der Waals surface area contributed by atoms with Gasteiger partial charge in [0, 0.05) is 0 Å². The van der Waals surface area contributed by atoms with Crippen molar-refractivity contribution in [1.82, 2.24) is 10.1 Å². The van der Waals surface area contributed by atoms with Crippen LogP contribution < -0.4 is 4.72 Å². The van der Waals surface area contributed by atoms with E-state index >= 15 is 0 Å². The standard InChI is InChI=1S/C16H12F3N3O4S/c1-9-20-15(26-21-9)13-8-11(23)5-6-14(13)22-27(24,25)12-4-2-3-10(7-12)16(17,18)19/h2-8,22-23H,1H3. The summed E-state index contributed by atoms with van der Waals surface area (Å²) in [4.78, 5) is 3.39. The van der Waals surface area contributed by atoms with Crippen LogP contribution in [0, 0.1) is 6.92 Å². The fourth-order valence-electron chi connectivity index (χ4n) is 2.25. The smallest absolute Gasteiger partial charge is 0.416 e. The Kier molecular flexibility index (Phi) is 4.56. The minimum atomic E-state index is -4.68. The molecule has 0 aliphatic rings. The Balaban J connectivity index is 2.02. The van der Waals surface area contributed by atoms with Gasteiger partial charge in [0.25, 0.3) is 15.9 Å². The number of rotatable bonds is 4. The molecule has 0 amide bonds. The van der Waals surface area contributed by atoms with Crippen LogP contribution in [0.15, 0.2) is 51.9 Å². The molecule has 0 fully saturated rings. The highest BCUT2D eigenvalue weighted by Gasteiger charge is 2.32. The lowest BCUT2D eigenvalue weighted by atomic mass is 10.1. The van der Waals surface area contributed by atoms with Crippen LogP contribution in [-0.2, 0) is 16.2 Å². The Morgan fingerprint density at radius 3 is 2.52 bits per heavy atom. The zero-order chi connectivity index (χ0) is 19.8. The van der Waals surface area contributed by atoms with Gasteiger partial charge in [-0.15, -0.1) is 0 Å². The van der Waals surface area contributed by atoms with Gasteiger partial charge in [-0.1, -0.05) is 11.2 Å². The SMILES string of the molecule is Cc1noc(-c2cc(O)ccc2NS(=O)(=O)c2cccc(C(F)(F)F)c2)n1. The van der Waals surface area contributed by atoms with Crippen molar-refractivity contribution in [3.05, 3.63) is 53.9 Å². The van der Waals surface area contributed by atoms with Gasteiger partial charge in [0.05, 0.1) is 21.7 Å². The Morgan fingerprint density at radius 2 is 1.89 bits per heavy atom. The number of benzene rings is 2. The molecular formula is C16H12F3N3O4S. The van der Waals surface area contributed by atoms with Gasteiger partial charge < -0.3 is 9.63 Å². The van der Waals surface area contributed by atoms with E-state index in [9.17, 15) is 26.7 Å². The predicted molar refractivity (Wildman–Crippen MR) is 88.4 cm³/mol. The highest BCUT2D eigenvalue weighted by Crippen LogP contribution is 2.33. The van der Waals surface area contributed by atoms with E-state index in [1.54, 1.807) is 6.92 Å². The van der Waals surface area contributed by atoms with Gasteiger partial charge in [-0.2, -0.15) is 18.2 Å². The first kappa shape index (κ1) is 18.7. The number of alkyl halides is 3. The van der Waals surface area contributed by atoms with Gasteiger partial charge in [0.2, 0.25) is 0 Å². The first-order valence-electron chi connectivity index (χ1n) is 7.40. The first-order chi connectivity index (χ1) is 12.6. The highest BCUT2D eigenvalue weighted by molar-refractivity contribution is 7.92. The van der Waals surface area contributed by atoms with Crippen LogP contribution in [0.2, 0.25) is 0 Å². The van der Waals surface area contributed by atoms with Crippen LogP contribution in [0.3, 0.4) is 0 Å². The number of halogens is 3. The van der Waals surface area contributed by atoms with Crippen LogP contribution in [0.1, 0.15) is 11.4 Å². The molecule has 1 heterocycles. The lowest BCUT2D eigenvalue weighted by Crippen LogP contribution is -2.15. The quantitative estimate of drug-likeness (QED) is 0.650. The van der Waals surface area contributed by atoms with E-state index in [1.165, 1.54) is 18.2 Å². The van der Waals surface area contributed by atoms with Crippen LogP contribution >= 0.6 is 0 Å². The van der Waals surface area contributed by atoms with Crippen molar-refractivity contribution in [2.75, 3.05) is 4.72 Å². The summed E-state index contributed by atoms with van der Waals surface area (Å²) in [6.07, 6.45) is -4.68. The number of hydrogen-bond donors (Lipinski definition) is 2. The lowest BCUT2D eigenvalue weighted by Gasteiger charge is -2.13. The predicted octanol–water partition coefficient (Wildman–Crippen LogP) is 3.57. The second-order valence-electron chi connectivity index (χ2n) is 5.51. The number of aromatic hydroxyl groups is 1. The molecule has 0 saturated heterocycles. The average molecular weight is 399 g/mol. The van der Waals surface area contributed by atoms with E-state index in [-0.39, 0.29) is 28.7 Å². The molecule has 0 unspecified atom stereocenters. The van der Waals surface area contributed by atoms with Gasteiger partial charge in [-0.05, 0) is 43.3 Å². The highest BCUT2D eigenvalue weighted by atomic mass is 32.2. The molecule has 3 rings (SSSR count). The molecular weight excluding hydrogens is 387 g/mol. The van der Waals surface area contributed by atoms with E-state index in [4.69, 9.17) is 4.52 Å². The van der Waals surface area contributed by atoms with Crippen molar-refractivity contribution in [1.29, 1.82) is 0 Å². The number of phenols is 1. The minimum absolute atomic E-state index is 0.0474. The normalized spacial score (nSPS) is 12.1. The summed E-state index contributed by atoms with van der Waals surface area (Å²) in [5.74, 6) is 0.0213. The van der Waals surface area contributed by atoms with Crippen LogP contribution in [-0.4, -0.2) is 23.7 Å². The van der Waals surface area contributed by atoms with Crippen LogP contribution in [0.5, 0.6) is 5.75 Å². The van der Waals surface area contributed by atoms with E-state index in [1.807, 2.05) is 0 Å². The van der Waals surface area contributed by atoms with E-state index < -0.39 is 26.7 Å². The summed E-state index contributed by atoms with van der Waals surface area (Å²) in [6.45, 7) is 1.54. The molecule has 11 heteroatoms. The third-order valence-corrected chi connectivity index (χ3v) is 4.84. The molecule has 1 aromatic heterocycles. The Hall–Kier alpha value is -3.08. The summed E-state index contributed by atoms with van der Waals surface area (Å²) in [7, 11) is -4.35. The zero-order valence-corrected chi connectivity index (χ0v) is 14.5. The second kappa shape index (κ2) is 6.58. The summed E-state index contributed by atoms with van der Waals surface area (Å²) in [5, 5.41) is 13.2. The first-order valence-corrected chi connectivity index (χ1v) is 8.88. The number of aromatic nitrogens is 2. The number of hydrogen-bond acceptors (Lipinski definition) is 6. The molecule has 0 radical (unpaired) electrons. The molecule has 7 nitrogen and oxygen atoms in total. The maximum absolute atomic E-state index is 12.8. The summed E-state index contributed by atoms with van der Waals surface area (Å²) in [6, 6.07) is 6.96. The van der Waals surface area contributed by atoms with Crippen molar-refractivity contribution < 1.29 is 31.2 Å². The summed E-state index contributed by atoms with van der Waals surface area (Å²) >= 11 is 0. The Morgan fingerprint density at radius 1 is 1.15 bits per heavy atom. The largest absolute Gasteiger partial charge is 0.508 e. The number of sulfonamides is 1. The van der Waals surface area contributed by atoms with E-state index in [2.05, 4.69) is 14.9 Å². The fraction of sp³-hybridized carbons (Fsp3) is 0.125. The maximum atomic E-state index is 12.8. The third-order valence-electron chi connectivity index (χ3n) is 3.48. The fourth-order valence-corrected chi connectivity index (χ4v) is 3.37. The van der Waals surface area contributed by atoms with Gasteiger partial charge in [-0.25, -0.2) is 8.42 Å². The number of nitrogens with one attached hydrogen (secondary N) is 1. The monoisotopic (exact) mass is 399 g/mol. The molecule has 2 aromatic carbocycles. The van der Waals surface area contributed by atoms with E-state index in [0.29, 0.717) is 6.07 Å². The number of anilines is 1. The number of phenolic OH excluding ortho intramolecular Hbond substituents is 1. The number of nitrogens with zero attached hydrogens (tertiary/aromatic N) is 2. The molecule has 27 heavy (non-hydrogen) atoms. The second-order valence-corrected chi connectivity index (χ2v) is 7.19. The van der Waals surface area contributed by atoms with Crippen LogP contribution in [0.4, 0.5) is 18.9 Å². The minimum Gasteiger partial charge on any atom is -0.508 e. The lowest BCUT2D eigenvalue weighted by molar-refractivity contribution is -0.137. The third kappa shape index (κ3) is 4.03. The molecule has 0 saturated carbocycles. The molecule has 0 aliphatic carbocycles. The molecule has 0 bridgehead atoms. The molecule has 0 spiro atoms. The summed E-state index contributed by atoms with van der Waals surface area (Å²) in [5.41, 5.74) is -1.07. The van der Waals surface area contributed by atoms with Crippen molar-refractivity contribution >= 4 is 15.7 Å². The summed E-state index contributed by atoms with van der Waals surface area (Å²) < 4.78 is 70.8. The van der Waals surface area contributed by atoms with E-state index in [0.717, 1.165) is 18.2 Å². The van der Waals surface area contributed by atoms with Crippen LogP contribution in [0.25, 0.3) is 11.5 Å².